The van der Waals surface area contributed by atoms with Crippen molar-refractivity contribution in [3.05, 3.63) is 42.0 Å². The first-order chi connectivity index (χ1) is 9.63. The Hall–Kier alpha value is 0.0487. The average Bonchev–Trinajstić information content (AvgIpc) is 2.50. The van der Waals surface area contributed by atoms with Crippen molar-refractivity contribution >= 4 is 32.2 Å². The molecule has 0 aliphatic heterocycles. The first-order valence-electron chi connectivity index (χ1n) is 8.04. The van der Waals surface area contributed by atoms with Crippen molar-refractivity contribution in [1.82, 2.24) is 0 Å². The molecule has 0 saturated carbocycles. The third-order valence-corrected chi connectivity index (χ3v) is 18.2. The van der Waals surface area contributed by atoms with Gasteiger partial charge >= 0.3 is 133 Å². The quantitative estimate of drug-likeness (QED) is 0.386. The molecule has 1 aromatic carbocycles. The summed E-state index contributed by atoms with van der Waals surface area (Å²) < 4.78 is 4.01. The monoisotopic (exact) mass is 400 g/mol. The summed E-state index contributed by atoms with van der Waals surface area (Å²) in [7, 11) is 7.10. The topological polar surface area (TPSA) is 0 Å². The molecule has 0 aliphatic carbocycles. The van der Waals surface area contributed by atoms with Crippen molar-refractivity contribution in [2.24, 2.45) is 0 Å². The van der Waals surface area contributed by atoms with Crippen molar-refractivity contribution < 1.29 is 0 Å². The Labute approximate surface area is 133 Å². The number of halogens is 1. The van der Waals surface area contributed by atoms with Crippen LogP contribution in [0.25, 0.3) is 6.08 Å². The second-order valence-electron chi connectivity index (χ2n) is 5.80. The van der Waals surface area contributed by atoms with Gasteiger partial charge in [0.25, 0.3) is 0 Å². The van der Waals surface area contributed by atoms with Crippen LogP contribution >= 0.6 is 8.92 Å². The fourth-order valence-electron chi connectivity index (χ4n) is 2.55. The molecule has 0 unspecified atom stereocenters. The Morgan fingerprint density at radius 2 is 1.55 bits per heavy atom. The second-order valence-corrected chi connectivity index (χ2v) is 22.0. The summed E-state index contributed by atoms with van der Waals surface area (Å²) >= 11 is -2.34. The predicted octanol–water partition coefficient (Wildman–Crippen LogP) is 6.66. The van der Waals surface area contributed by atoms with Crippen molar-refractivity contribution in [2.75, 3.05) is 0 Å². The molecule has 0 amide bonds. The zero-order chi connectivity index (χ0) is 14.8. The first-order valence-corrected chi connectivity index (χ1v) is 17.7. The summed E-state index contributed by atoms with van der Waals surface area (Å²) in [6.45, 7) is 8.35. The Morgan fingerprint density at radius 3 is 2.00 bits per heavy atom. The van der Waals surface area contributed by atoms with Crippen LogP contribution in [0.5, 0.6) is 0 Å². The van der Waals surface area contributed by atoms with Crippen LogP contribution in [-0.2, 0) is 6.42 Å². The van der Waals surface area contributed by atoms with Gasteiger partial charge in [-0.2, -0.15) is 0 Å². The molecule has 0 spiro atoms. The molecule has 0 atom stereocenters. The zero-order valence-electron chi connectivity index (χ0n) is 13.1. The van der Waals surface area contributed by atoms with Gasteiger partial charge < -0.3 is 0 Å². The Bertz CT molecular complexity index is 375. The van der Waals surface area contributed by atoms with Crippen LogP contribution in [0.15, 0.2) is 30.8 Å². The fraction of sp³-hybridized carbons (Fsp3) is 0.556. The molecule has 0 heterocycles. The molecule has 112 valence electrons. The predicted molar refractivity (Wildman–Crippen MR) is 96.1 cm³/mol. The average molecular weight is 400 g/mol. The third kappa shape index (κ3) is 6.67. The molecular formula is C18H29ClSn. The van der Waals surface area contributed by atoms with E-state index in [9.17, 15) is 0 Å². The van der Waals surface area contributed by atoms with Crippen molar-refractivity contribution in [2.45, 2.75) is 59.3 Å². The van der Waals surface area contributed by atoms with Gasteiger partial charge in [-0.3, -0.25) is 0 Å². The Balaban J connectivity index is 2.56. The van der Waals surface area contributed by atoms with E-state index >= 15 is 0 Å². The standard InChI is InChI=1S/C10H11.2C4H9.ClH.Sn/c1-3-9-5-7-10(4-2)8-6-9;2*1-3-4-2;;/h3,5-8H,1-2,4H2;2*1,3-4H2,2H3;1H;/q;;;;+1/p-1. The molecule has 0 nitrogen and oxygen atoms in total. The van der Waals surface area contributed by atoms with Crippen LogP contribution in [0.4, 0.5) is 0 Å². The van der Waals surface area contributed by atoms with Crippen LogP contribution in [0, 0.1) is 0 Å². The molecule has 0 aromatic heterocycles. The van der Waals surface area contributed by atoms with E-state index in [0.29, 0.717) is 0 Å². The molecule has 1 rings (SSSR count). The number of hydrogen-bond donors (Lipinski definition) is 0. The summed E-state index contributed by atoms with van der Waals surface area (Å²) in [5.74, 6) is 0. The van der Waals surface area contributed by atoms with Gasteiger partial charge in [-0.15, -0.1) is 0 Å². The molecule has 0 fully saturated rings. The maximum atomic E-state index is 7.10. The van der Waals surface area contributed by atoms with Crippen LogP contribution in [0.3, 0.4) is 0 Å². The van der Waals surface area contributed by atoms with Gasteiger partial charge in [-0.1, -0.05) is 0 Å². The van der Waals surface area contributed by atoms with Crippen LogP contribution in [0.1, 0.15) is 50.7 Å². The molecule has 0 aliphatic rings. The summed E-state index contributed by atoms with van der Waals surface area (Å²) in [5.41, 5.74) is 2.64. The summed E-state index contributed by atoms with van der Waals surface area (Å²) in [4.78, 5) is 0. The van der Waals surface area contributed by atoms with E-state index in [1.807, 2.05) is 6.08 Å². The molecule has 0 saturated heterocycles. The normalized spacial score (nSPS) is 11.6. The summed E-state index contributed by atoms with van der Waals surface area (Å²) in [5, 5.41) is 0. The molecule has 2 heteroatoms. The van der Waals surface area contributed by atoms with Crippen molar-refractivity contribution in [3.8, 4) is 0 Å². The van der Waals surface area contributed by atoms with Crippen molar-refractivity contribution in [3.63, 3.8) is 0 Å². The Morgan fingerprint density at radius 1 is 1.00 bits per heavy atom. The van der Waals surface area contributed by atoms with Crippen LogP contribution in [0.2, 0.25) is 13.3 Å². The fourth-order valence-corrected chi connectivity index (χ4v) is 14.9. The maximum absolute atomic E-state index is 7.10. The number of unbranched alkanes of at least 4 members (excludes halogenated alkanes) is 2. The minimum atomic E-state index is -2.34. The van der Waals surface area contributed by atoms with Crippen LogP contribution < -0.4 is 0 Å². The molecular weight excluding hydrogens is 370 g/mol. The first kappa shape index (κ1) is 18.1. The molecule has 20 heavy (non-hydrogen) atoms. The Kier molecular flexibility index (Phi) is 8.95. The van der Waals surface area contributed by atoms with E-state index in [1.54, 1.807) is 0 Å². The SMILES string of the molecule is C=Cc1ccc(C[CH2][Sn]([Cl])([CH2]CCC)[CH2]CCC)cc1. The van der Waals surface area contributed by atoms with Gasteiger partial charge in [0.2, 0.25) is 0 Å². The number of rotatable bonds is 10. The van der Waals surface area contributed by atoms with E-state index < -0.39 is 17.3 Å². The van der Waals surface area contributed by atoms with E-state index in [1.165, 1.54) is 56.5 Å². The molecule has 0 bridgehead atoms. The van der Waals surface area contributed by atoms with E-state index in [-0.39, 0.29) is 0 Å². The minimum absolute atomic E-state index is 1.17. The number of hydrogen-bond acceptors (Lipinski definition) is 0. The number of benzene rings is 1. The third-order valence-electron chi connectivity index (χ3n) is 4.03. The van der Waals surface area contributed by atoms with Gasteiger partial charge in [-0.05, 0) is 0 Å². The molecule has 1 aromatic rings. The van der Waals surface area contributed by atoms with Gasteiger partial charge in [0.15, 0.2) is 0 Å². The van der Waals surface area contributed by atoms with Crippen LogP contribution in [-0.4, -0.2) is 17.3 Å². The van der Waals surface area contributed by atoms with E-state index in [0.717, 1.165) is 0 Å². The summed E-state index contributed by atoms with van der Waals surface area (Å²) in [6.07, 6.45) is 8.30. The van der Waals surface area contributed by atoms with Gasteiger partial charge in [0.1, 0.15) is 0 Å². The van der Waals surface area contributed by atoms with Gasteiger partial charge in [-0.25, -0.2) is 0 Å². The van der Waals surface area contributed by atoms with Gasteiger partial charge in [0, 0.05) is 0 Å². The van der Waals surface area contributed by atoms with Gasteiger partial charge in [0.05, 0.1) is 0 Å². The second kappa shape index (κ2) is 9.89. The van der Waals surface area contributed by atoms with E-state index in [4.69, 9.17) is 8.92 Å². The molecule has 0 radical (unpaired) electrons. The molecule has 0 N–H and O–H groups in total. The van der Waals surface area contributed by atoms with Crippen molar-refractivity contribution in [1.29, 1.82) is 0 Å². The zero-order valence-corrected chi connectivity index (χ0v) is 16.7. The number of aryl methyl sites for hydroxylation is 1. The summed E-state index contributed by atoms with van der Waals surface area (Å²) in [6, 6.07) is 8.79. The van der Waals surface area contributed by atoms with E-state index in [2.05, 4.69) is 44.7 Å².